The summed E-state index contributed by atoms with van der Waals surface area (Å²) < 4.78 is 10.9. The third-order valence-corrected chi connectivity index (χ3v) is 5.37. The Balaban J connectivity index is 1.69. The molecule has 2 heterocycles. The van der Waals surface area contributed by atoms with Gasteiger partial charge in [-0.15, -0.1) is 0 Å². The molecule has 0 N–H and O–H groups in total. The lowest BCUT2D eigenvalue weighted by Gasteiger charge is -2.13. The van der Waals surface area contributed by atoms with Crippen molar-refractivity contribution >= 4 is 34.6 Å². The van der Waals surface area contributed by atoms with Crippen LogP contribution in [0.3, 0.4) is 0 Å². The molecule has 2 aliphatic rings. The van der Waals surface area contributed by atoms with Crippen molar-refractivity contribution in [2.24, 2.45) is 4.99 Å². The largest absolute Gasteiger partial charge is 0.454 e. The maximum absolute atomic E-state index is 12.9. The molecule has 6 heteroatoms. The number of aliphatic imine (C=N–C) groups is 1. The van der Waals surface area contributed by atoms with Gasteiger partial charge >= 0.3 is 0 Å². The third kappa shape index (κ3) is 3.57. The Kier molecular flexibility index (Phi) is 4.90. The second kappa shape index (κ2) is 7.48. The van der Waals surface area contributed by atoms with E-state index in [1.165, 1.54) is 11.8 Å². The molecular formula is C21H20N2O3S. The summed E-state index contributed by atoms with van der Waals surface area (Å²) in [5.41, 5.74) is 2.83. The first kappa shape index (κ1) is 17.7. The molecule has 2 aromatic carbocycles. The third-order valence-electron chi connectivity index (χ3n) is 4.36. The average Bonchev–Trinajstić information content (AvgIpc) is 3.23. The molecule has 5 nitrogen and oxygen atoms in total. The summed E-state index contributed by atoms with van der Waals surface area (Å²) in [6.45, 7) is 4.94. The number of benzene rings is 2. The van der Waals surface area contributed by atoms with Crippen molar-refractivity contribution in [1.82, 2.24) is 4.90 Å². The number of hydrogen-bond acceptors (Lipinski definition) is 5. The van der Waals surface area contributed by atoms with Crippen LogP contribution in [-0.4, -0.2) is 29.3 Å². The highest BCUT2D eigenvalue weighted by Gasteiger charge is 2.33. The lowest BCUT2D eigenvalue weighted by molar-refractivity contribution is -0.122. The molecular weight excluding hydrogens is 360 g/mol. The van der Waals surface area contributed by atoms with Gasteiger partial charge in [-0.05, 0) is 66.6 Å². The first-order valence-electron chi connectivity index (χ1n) is 8.91. The van der Waals surface area contributed by atoms with Crippen LogP contribution in [0.15, 0.2) is 52.4 Å². The van der Waals surface area contributed by atoms with Crippen molar-refractivity contribution in [3.63, 3.8) is 0 Å². The predicted molar refractivity (Wildman–Crippen MR) is 108 cm³/mol. The van der Waals surface area contributed by atoms with Crippen LogP contribution in [-0.2, 0) is 4.79 Å². The minimum atomic E-state index is -0.00593. The molecule has 2 aromatic rings. The number of nitrogens with zero attached hydrogens (tertiary/aromatic N) is 2. The van der Waals surface area contributed by atoms with Gasteiger partial charge in [0.15, 0.2) is 16.7 Å². The van der Waals surface area contributed by atoms with Crippen LogP contribution in [0.5, 0.6) is 11.5 Å². The molecule has 1 saturated heterocycles. The number of fused-ring (bicyclic) bond motifs is 1. The smallest absolute Gasteiger partial charge is 0.266 e. The van der Waals surface area contributed by atoms with E-state index in [1.807, 2.05) is 55.5 Å². The van der Waals surface area contributed by atoms with Gasteiger partial charge < -0.3 is 9.47 Å². The fourth-order valence-corrected chi connectivity index (χ4v) is 4.00. The first-order valence-corrected chi connectivity index (χ1v) is 9.72. The number of carbonyl (C=O) groups excluding carboxylic acids is 1. The van der Waals surface area contributed by atoms with Crippen LogP contribution in [0, 0.1) is 6.92 Å². The molecule has 0 aliphatic carbocycles. The molecule has 0 saturated carbocycles. The van der Waals surface area contributed by atoms with Gasteiger partial charge in [0.2, 0.25) is 6.79 Å². The van der Waals surface area contributed by atoms with Gasteiger partial charge in [0, 0.05) is 6.54 Å². The number of aryl methyl sites for hydroxylation is 1. The van der Waals surface area contributed by atoms with Crippen LogP contribution in [0.2, 0.25) is 0 Å². The van der Waals surface area contributed by atoms with Gasteiger partial charge in [0.25, 0.3) is 5.91 Å². The standard InChI is InChI=1S/C21H20N2O3S/c1-3-9-23-20(24)19(27-21(23)22-16-7-5-4-6-8-16)12-15-11-18-17(10-14(15)2)25-13-26-18/h4-8,10-12H,3,9,13H2,1-2H3. The van der Waals surface area contributed by atoms with Gasteiger partial charge in [-0.3, -0.25) is 9.69 Å². The van der Waals surface area contributed by atoms with Crippen LogP contribution in [0.25, 0.3) is 6.08 Å². The minimum Gasteiger partial charge on any atom is -0.454 e. The zero-order valence-corrected chi connectivity index (χ0v) is 16.1. The van der Waals surface area contributed by atoms with Crippen molar-refractivity contribution in [3.8, 4) is 11.5 Å². The number of amides is 1. The fraction of sp³-hybridized carbons (Fsp3) is 0.238. The number of hydrogen-bond donors (Lipinski definition) is 0. The molecule has 0 spiro atoms. The van der Waals surface area contributed by atoms with Gasteiger partial charge in [-0.25, -0.2) is 4.99 Å². The van der Waals surface area contributed by atoms with Crippen molar-refractivity contribution in [3.05, 3.63) is 58.5 Å². The highest BCUT2D eigenvalue weighted by molar-refractivity contribution is 8.18. The Bertz CT molecular complexity index is 938. The molecule has 1 fully saturated rings. The zero-order valence-electron chi connectivity index (χ0n) is 15.3. The minimum absolute atomic E-state index is 0.00593. The summed E-state index contributed by atoms with van der Waals surface area (Å²) >= 11 is 1.41. The summed E-state index contributed by atoms with van der Waals surface area (Å²) in [5.74, 6) is 1.46. The van der Waals surface area contributed by atoms with E-state index in [2.05, 4.69) is 11.9 Å². The Morgan fingerprint density at radius 2 is 1.93 bits per heavy atom. The van der Waals surface area contributed by atoms with E-state index in [0.29, 0.717) is 17.2 Å². The summed E-state index contributed by atoms with van der Waals surface area (Å²) in [6.07, 6.45) is 2.79. The van der Waals surface area contributed by atoms with Crippen molar-refractivity contribution in [1.29, 1.82) is 0 Å². The Labute approximate surface area is 162 Å². The van der Waals surface area contributed by atoms with Crippen LogP contribution in [0.1, 0.15) is 24.5 Å². The normalized spacial score (nSPS) is 18.7. The van der Waals surface area contributed by atoms with Gasteiger partial charge in [-0.2, -0.15) is 0 Å². The molecule has 0 unspecified atom stereocenters. The number of rotatable bonds is 4. The maximum Gasteiger partial charge on any atom is 0.266 e. The highest BCUT2D eigenvalue weighted by Crippen LogP contribution is 2.38. The summed E-state index contributed by atoms with van der Waals surface area (Å²) in [6, 6.07) is 13.6. The predicted octanol–water partition coefficient (Wildman–Crippen LogP) is 4.74. The second-order valence-corrected chi connectivity index (χ2v) is 7.37. The molecule has 0 atom stereocenters. The lowest BCUT2D eigenvalue weighted by Crippen LogP contribution is -2.29. The molecule has 138 valence electrons. The van der Waals surface area contributed by atoms with Gasteiger partial charge in [0.05, 0.1) is 10.6 Å². The molecule has 27 heavy (non-hydrogen) atoms. The molecule has 0 aromatic heterocycles. The molecule has 0 bridgehead atoms. The van der Waals surface area contributed by atoms with Crippen LogP contribution in [0.4, 0.5) is 5.69 Å². The molecule has 4 rings (SSSR count). The van der Waals surface area contributed by atoms with E-state index in [9.17, 15) is 4.79 Å². The van der Waals surface area contributed by atoms with E-state index in [-0.39, 0.29) is 12.7 Å². The quantitative estimate of drug-likeness (QED) is 0.719. The Morgan fingerprint density at radius 1 is 1.19 bits per heavy atom. The zero-order chi connectivity index (χ0) is 18.8. The number of ether oxygens (including phenoxy) is 2. The highest BCUT2D eigenvalue weighted by atomic mass is 32.2. The average molecular weight is 380 g/mol. The van der Waals surface area contributed by atoms with Crippen molar-refractivity contribution in [2.45, 2.75) is 20.3 Å². The number of para-hydroxylation sites is 1. The number of carbonyl (C=O) groups is 1. The number of thioether (sulfide) groups is 1. The monoisotopic (exact) mass is 380 g/mol. The molecule has 0 radical (unpaired) electrons. The number of amidine groups is 1. The SMILES string of the molecule is CCCN1C(=O)C(=Cc2cc3c(cc2C)OCO3)SC1=Nc1ccccc1. The van der Waals surface area contributed by atoms with E-state index >= 15 is 0 Å². The van der Waals surface area contributed by atoms with Crippen LogP contribution < -0.4 is 9.47 Å². The fourth-order valence-electron chi connectivity index (χ4n) is 2.98. The molecule has 1 amide bonds. The van der Waals surface area contributed by atoms with E-state index in [1.54, 1.807) is 4.90 Å². The van der Waals surface area contributed by atoms with Crippen molar-refractivity contribution < 1.29 is 14.3 Å². The van der Waals surface area contributed by atoms with Gasteiger partial charge in [0.1, 0.15) is 0 Å². The summed E-state index contributed by atoms with van der Waals surface area (Å²) in [5, 5.41) is 0.720. The maximum atomic E-state index is 12.9. The van der Waals surface area contributed by atoms with E-state index in [0.717, 1.165) is 34.2 Å². The topological polar surface area (TPSA) is 51.1 Å². The second-order valence-electron chi connectivity index (χ2n) is 6.36. The lowest BCUT2D eigenvalue weighted by atomic mass is 10.1. The van der Waals surface area contributed by atoms with E-state index in [4.69, 9.17) is 9.47 Å². The Hall–Kier alpha value is -2.73. The van der Waals surface area contributed by atoms with Crippen LogP contribution >= 0.6 is 11.8 Å². The van der Waals surface area contributed by atoms with E-state index < -0.39 is 0 Å². The van der Waals surface area contributed by atoms with Crippen molar-refractivity contribution in [2.75, 3.05) is 13.3 Å². The summed E-state index contributed by atoms with van der Waals surface area (Å²) in [4.78, 5) is 20.0. The summed E-state index contributed by atoms with van der Waals surface area (Å²) in [7, 11) is 0. The van der Waals surface area contributed by atoms with Gasteiger partial charge in [-0.1, -0.05) is 25.1 Å². The Morgan fingerprint density at radius 3 is 2.67 bits per heavy atom. The first-order chi connectivity index (χ1) is 13.2. The molecule has 2 aliphatic heterocycles.